The molecule has 1 aromatic carbocycles. The zero-order chi connectivity index (χ0) is 9.42. The van der Waals surface area contributed by atoms with Crippen molar-refractivity contribution in [2.75, 3.05) is 5.73 Å². The molecule has 1 aromatic heterocycles. The van der Waals surface area contributed by atoms with Gasteiger partial charge in [-0.05, 0) is 18.1 Å². The van der Waals surface area contributed by atoms with E-state index in [1.807, 2.05) is 0 Å². The quantitative estimate of drug-likeness (QED) is 0.692. The van der Waals surface area contributed by atoms with Gasteiger partial charge in [-0.1, -0.05) is 19.1 Å². The Bertz CT molecular complexity index is 445. The minimum atomic E-state index is 0.834. The summed E-state index contributed by atoms with van der Waals surface area (Å²) in [5.41, 5.74) is 8.09. The van der Waals surface area contributed by atoms with Crippen molar-refractivity contribution in [2.24, 2.45) is 0 Å². The third-order valence-electron chi connectivity index (χ3n) is 2.20. The van der Waals surface area contributed by atoms with E-state index in [0.29, 0.717) is 0 Å². The number of thiol groups is 1. The van der Waals surface area contributed by atoms with Crippen LogP contribution in [0.2, 0.25) is 0 Å². The average Bonchev–Trinajstić information content (AvgIpc) is 2.43. The van der Waals surface area contributed by atoms with Crippen LogP contribution in [0.5, 0.6) is 0 Å². The maximum Gasteiger partial charge on any atom is 0.0811 e. The molecule has 0 spiro atoms. The molecule has 0 unspecified atom stereocenters. The number of anilines is 1. The predicted octanol–water partition coefficient (Wildman–Crippen LogP) is 3.33. The molecule has 0 aliphatic carbocycles. The number of hydrogen-bond acceptors (Lipinski definition) is 3. The van der Waals surface area contributed by atoms with Crippen molar-refractivity contribution in [3.63, 3.8) is 0 Å². The summed E-state index contributed by atoms with van der Waals surface area (Å²) in [5.74, 6) is 0. The molecule has 2 rings (SSSR count). The first-order chi connectivity index (χ1) is 6.24. The van der Waals surface area contributed by atoms with Crippen molar-refractivity contribution in [3.8, 4) is 0 Å². The number of benzene rings is 1. The summed E-state index contributed by atoms with van der Waals surface area (Å²) in [6.07, 6.45) is 1.02. The first-order valence-electron chi connectivity index (χ1n) is 4.23. The van der Waals surface area contributed by atoms with E-state index < -0.39 is 0 Å². The van der Waals surface area contributed by atoms with E-state index in [0.717, 1.165) is 16.3 Å². The minimum Gasteiger partial charge on any atom is -0.397 e. The second-order valence-corrected chi connectivity index (χ2v) is 4.77. The number of rotatable bonds is 1. The third-order valence-corrected chi connectivity index (χ3v) is 3.69. The van der Waals surface area contributed by atoms with E-state index >= 15 is 0 Å². The lowest BCUT2D eigenvalue weighted by Gasteiger charge is -1.99. The van der Waals surface area contributed by atoms with Gasteiger partial charge >= 0.3 is 0 Å². The molecular formula is C10H11NS2. The third kappa shape index (κ3) is 1.32. The molecule has 0 radical (unpaired) electrons. The molecule has 0 bridgehead atoms. The van der Waals surface area contributed by atoms with E-state index in [1.54, 1.807) is 11.3 Å². The molecule has 0 saturated heterocycles. The summed E-state index contributed by atoms with van der Waals surface area (Å²) >= 11 is 5.98. The van der Waals surface area contributed by atoms with Gasteiger partial charge in [0.1, 0.15) is 0 Å². The second-order valence-electron chi connectivity index (χ2n) is 2.96. The van der Waals surface area contributed by atoms with E-state index in [1.165, 1.54) is 15.6 Å². The normalized spacial score (nSPS) is 10.9. The molecule has 0 fully saturated rings. The predicted molar refractivity (Wildman–Crippen MR) is 62.9 cm³/mol. The highest BCUT2D eigenvalue weighted by Gasteiger charge is 2.08. The fourth-order valence-electron chi connectivity index (χ4n) is 1.53. The largest absolute Gasteiger partial charge is 0.397 e. The van der Waals surface area contributed by atoms with Crippen molar-refractivity contribution in [1.82, 2.24) is 0 Å². The van der Waals surface area contributed by atoms with Crippen LogP contribution >= 0.6 is 24.0 Å². The lowest BCUT2D eigenvalue weighted by Crippen LogP contribution is -1.87. The van der Waals surface area contributed by atoms with Crippen LogP contribution in [0.15, 0.2) is 22.4 Å². The lowest BCUT2D eigenvalue weighted by molar-refractivity contribution is 1.16. The molecule has 1 nitrogen and oxygen atoms in total. The Morgan fingerprint density at radius 3 is 2.92 bits per heavy atom. The molecule has 2 aromatic rings. The Labute approximate surface area is 87.0 Å². The Balaban J connectivity index is 2.87. The van der Waals surface area contributed by atoms with Gasteiger partial charge in [-0.2, -0.15) is 0 Å². The van der Waals surface area contributed by atoms with Crippen LogP contribution in [0.25, 0.3) is 10.1 Å². The molecule has 3 heteroatoms. The number of hydrogen-bond donors (Lipinski definition) is 2. The van der Waals surface area contributed by atoms with Crippen LogP contribution in [0.3, 0.4) is 0 Å². The number of thiophene rings is 1. The molecule has 0 aliphatic rings. The highest BCUT2D eigenvalue weighted by molar-refractivity contribution is 7.83. The topological polar surface area (TPSA) is 26.0 Å². The number of nitrogen functional groups attached to an aromatic ring is 1. The van der Waals surface area contributed by atoms with Crippen LogP contribution in [0, 0.1) is 0 Å². The molecule has 68 valence electrons. The van der Waals surface area contributed by atoms with Gasteiger partial charge in [-0.25, -0.2) is 0 Å². The highest BCUT2D eigenvalue weighted by atomic mass is 32.2. The minimum absolute atomic E-state index is 0.834. The smallest absolute Gasteiger partial charge is 0.0811 e. The number of nitrogens with two attached hydrogens (primary N) is 1. The van der Waals surface area contributed by atoms with Gasteiger partial charge < -0.3 is 5.73 Å². The van der Waals surface area contributed by atoms with Crippen LogP contribution in [-0.4, -0.2) is 0 Å². The molecule has 2 N–H and O–H groups in total. The maximum absolute atomic E-state index is 5.95. The van der Waals surface area contributed by atoms with Gasteiger partial charge in [-0.15, -0.1) is 24.0 Å². The van der Waals surface area contributed by atoms with Crippen molar-refractivity contribution < 1.29 is 0 Å². The zero-order valence-corrected chi connectivity index (χ0v) is 9.08. The van der Waals surface area contributed by atoms with Crippen LogP contribution < -0.4 is 5.73 Å². The first-order valence-corrected chi connectivity index (χ1v) is 5.49. The molecule has 0 atom stereocenters. The highest BCUT2D eigenvalue weighted by Crippen LogP contribution is 2.37. The summed E-state index contributed by atoms with van der Waals surface area (Å²) in [6, 6.07) is 6.29. The van der Waals surface area contributed by atoms with Gasteiger partial charge in [-0.3, -0.25) is 0 Å². The fourth-order valence-corrected chi connectivity index (χ4v) is 2.84. The summed E-state index contributed by atoms with van der Waals surface area (Å²) < 4.78 is 2.16. The van der Waals surface area contributed by atoms with Crippen molar-refractivity contribution in [3.05, 3.63) is 23.8 Å². The van der Waals surface area contributed by atoms with Gasteiger partial charge in [0, 0.05) is 10.1 Å². The summed E-state index contributed by atoms with van der Waals surface area (Å²) in [6.45, 7) is 2.14. The molecule has 0 saturated carbocycles. The van der Waals surface area contributed by atoms with E-state index in [4.69, 9.17) is 5.73 Å². The van der Waals surface area contributed by atoms with E-state index in [-0.39, 0.29) is 0 Å². The van der Waals surface area contributed by atoms with E-state index in [2.05, 4.69) is 37.8 Å². The van der Waals surface area contributed by atoms with Crippen LogP contribution in [-0.2, 0) is 6.42 Å². The summed E-state index contributed by atoms with van der Waals surface area (Å²) in [4.78, 5) is 0. The Morgan fingerprint density at radius 2 is 2.23 bits per heavy atom. The van der Waals surface area contributed by atoms with Gasteiger partial charge in [0.05, 0.1) is 9.90 Å². The number of fused-ring (bicyclic) bond motifs is 1. The molecule has 13 heavy (non-hydrogen) atoms. The molecular weight excluding hydrogens is 198 g/mol. The summed E-state index contributed by atoms with van der Waals surface area (Å²) in [5, 5.41) is 1.19. The second kappa shape index (κ2) is 3.24. The van der Waals surface area contributed by atoms with E-state index in [9.17, 15) is 0 Å². The maximum atomic E-state index is 5.95. The lowest BCUT2D eigenvalue weighted by atomic mass is 10.1. The van der Waals surface area contributed by atoms with Gasteiger partial charge in [0.25, 0.3) is 0 Å². The molecule has 0 aliphatic heterocycles. The van der Waals surface area contributed by atoms with Crippen LogP contribution in [0.1, 0.15) is 12.5 Å². The fraction of sp³-hybridized carbons (Fsp3) is 0.200. The van der Waals surface area contributed by atoms with Crippen molar-refractivity contribution in [1.29, 1.82) is 0 Å². The van der Waals surface area contributed by atoms with Gasteiger partial charge in [0.2, 0.25) is 0 Å². The van der Waals surface area contributed by atoms with Crippen LogP contribution in [0.4, 0.5) is 5.69 Å². The van der Waals surface area contributed by atoms with Gasteiger partial charge in [0.15, 0.2) is 0 Å². The average molecular weight is 209 g/mol. The first kappa shape index (κ1) is 8.91. The zero-order valence-electron chi connectivity index (χ0n) is 7.37. The number of aryl methyl sites for hydroxylation is 1. The Morgan fingerprint density at radius 1 is 1.46 bits per heavy atom. The standard InChI is InChI=1S/C10H11NS2/c1-2-6-4-3-5-7-8(6)9(11)10(12)13-7/h3-5,12H,2,11H2,1H3. The Hall–Kier alpha value is -0.670. The molecule has 0 amide bonds. The monoisotopic (exact) mass is 209 g/mol. The van der Waals surface area contributed by atoms with Crippen molar-refractivity contribution in [2.45, 2.75) is 17.6 Å². The SMILES string of the molecule is CCc1cccc2sc(S)c(N)c12. The summed E-state index contributed by atoms with van der Waals surface area (Å²) in [7, 11) is 0. The Kier molecular flexibility index (Phi) is 2.22. The molecule has 1 heterocycles. The van der Waals surface area contributed by atoms with Crippen molar-refractivity contribution >= 4 is 39.7 Å².